The third-order valence-corrected chi connectivity index (χ3v) is 5.06. The number of furan rings is 1. The van der Waals surface area contributed by atoms with E-state index in [4.69, 9.17) is 21.7 Å². The summed E-state index contributed by atoms with van der Waals surface area (Å²) in [5, 5.41) is 19.5. The van der Waals surface area contributed by atoms with E-state index >= 15 is 0 Å². The lowest BCUT2D eigenvalue weighted by Crippen LogP contribution is -2.30. The van der Waals surface area contributed by atoms with Crippen LogP contribution >= 0.6 is 24.0 Å². The van der Waals surface area contributed by atoms with E-state index in [-0.39, 0.29) is 24.6 Å². The maximum atomic E-state index is 12.4. The topological polar surface area (TPSA) is 114 Å². The standard InChI is InChI=1S/C17H12N2O6S2/c20-15(21)7-8-18-16(22)14(27-17(18)26)9-12-5-6-13(25-12)10-1-3-11(4-2-10)19(23)24/h1-6,9H,7-8H2,(H,20,21). The van der Waals surface area contributed by atoms with Crippen LogP contribution in [0.2, 0.25) is 0 Å². The zero-order valence-electron chi connectivity index (χ0n) is 13.7. The molecule has 1 aliphatic rings. The number of rotatable bonds is 6. The number of carbonyl (C=O) groups excluding carboxylic acids is 1. The molecule has 10 heteroatoms. The second kappa shape index (κ2) is 7.72. The molecule has 1 N–H and O–H groups in total. The number of benzene rings is 1. The molecule has 0 aliphatic carbocycles. The van der Waals surface area contributed by atoms with Crippen LogP contribution in [0.25, 0.3) is 17.4 Å². The van der Waals surface area contributed by atoms with Gasteiger partial charge in [-0.1, -0.05) is 24.0 Å². The number of amides is 1. The van der Waals surface area contributed by atoms with Crippen LogP contribution in [-0.2, 0) is 9.59 Å². The zero-order valence-corrected chi connectivity index (χ0v) is 15.3. The van der Waals surface area contributed by atoms with Gasteiger partial charge in [0.15, 0.2) is 0 Å². The first-order chi connectivity index (χ1) is 12.8. The molecule has 3 rings (SSSR count). The molecule has 8 nitrogen and oxygen atoms in total. The molecule has 2 heterocycles. The van der Waals surface area contributed by atoms with Gasteiger partial charge in [0.25, 0.3) is 11.6 Å². The summed E-state index contributed by atoms with van der Waals surface area (Å²) in [6, 6.07) is 9.27. The fourth-order valence-electron chi connectivity index (χ4n) is 2.36. The molecule has 27 heavy (non-hydrogen) atoms. The number of carboxylic acids is 1. The Morgan fingerprint density at radius 3 is 2.63 bits per heavy atom. The molecular formula is C17H12N2O6S2. The highest BCUT2D eigenvalue weighted by Gasteiger charge is 2.32. The number of non-ortho nitro benzene ring substituents is 1. The summed E-state index contributed by atoms with van der Waals surface area (Å²) in [6.07, 6.45) is 1.35. The molecule has 2 aromatic rings. The van der Waals surface area contributed by atoms with Crippen molar-refractivity contribution in [3.63, 3.8) is 0 Å². The van der Waals surface area contributed by atoms with Gasteiger partial charge in [0.05, 0.1) is 16.2 Å². The van der Waals surface area contributed by atoms with E-state index in [9.17, 15) is 19.7 Å². The van der Waals surface area contributed by atoms with E-state index in [0.717, 1.165) is 11.8 Å². The number of hydrogen-bond donors (Lipinski definition) is 1. The average Bonchev–Trinajstić information content (AvgIpc) is 3.19. The van der Waals surface area contributed by atoms with Gasteiger partial charge in [-0.25, -0.2) is 0 Å². The van der Waals surface area contributed by atoms with Crippen LogP contribution in [0.4, 0.5) is 5.69 Å². The molecule has 1 fully saturated rings. The normalized spacial score (nSPS) is 15.6. The Morgan fingerprint density at radius 2 is 2.00 bits per heavy atom. The highest BCUT2D eigenvalue weighted by Crippen LogP contribution is 2.33. The number of carbonyl (C=O) groups is 2. The average molecular weight is 404 g/mol. The molecule has 0 radical (unpaired) electrons. The molecule has 0 bridgehead atoms. The number of nitrogens with zero attached hydrogens (tertiary/aromatic N) is 2. The summed E-state index contributed by atoms with van der Waals surface area (Å²) in [5.74, 6) is -0.453. The first-order valence-electron chi connectivity index (χ1n) is 7.67. The van der Waals surface area contributed by atoms with Gasteiger partial charge in [-0.15, -0.1) is 0 Å². The summed E-state index contributed by atoms with van der Waals surface area (Å²) < 4.78 is 5.98. The molecule has 0 unspecified atom stereocenters. The Kier molecular flexibility index (Phi) is 5.38. The Morgan fingerprint density at radius 1 is 1.30 bits per heavy atom. The van der Waals surface area contributed by atoms with E-state index in [1.54, 1.807) is 24.3 Å². The van der Waals surface area contributed by atoms with Crippen LogP contribution in [0.15, 0.2) is 45.7 Å². The van der Waals surface area contributed by atoms with Gasteiger partial charge in [-0.2, -0.15) is 0 Å². The van der Waals surface area contributed by atoms with E-state index in [0.29, 0.717) is 26.3 Å². The minimum atomic E-state index is -1.01. The third-order valence-electron chi connectivity index (χ3n) is 3.69. The Hall–Kier alpha value is -2.98. The molecule has 1 aromatic heterocycles. The first kappa shape index (κ1) is 18.8. The fraction of sp³-hybridized carbons (Fsp3) is 0.118. The second-order valence-electron chi connectivity index (χ2n) is 5.48. The van der Waals surface area contributed by atoms with Crippen LogP contribution in [0.5, 0.6) is 0 Å². The summed E-state index contributed by atoms with van der Waals surface area (Å²) >= 11 is 6.21. The Bertz CT molecular complexity index is 964. The summed E-state index contributed by atoms with van der Waals surface area (Å²) in [6.45, 7) is 0.0174. The molecule has 1 aromatic carbocycles. The van der Waals surface area contributed by atoms with E-state index < -0.39 is 10.9 Å². The number of nitro groups is 1. The SMILES string of the molecule is O=C(O)CCN1C(=O)C(=Cc2ccc(-c3ccc([N+](=O)[O-])cc3)o2)SC1=S. The van der Waals surface area contributed by atoms with Crippen molar-refractivity contribution in [2.45, 2.75) is 6.42 Å². The minimum Gasteiger partial charge on any atom is -0.481 e. The van der Waals surface area contributed by atoms with E-state index in [2.05, 4.69) is 0 Å². The maximum Gasteiger partial charge on any atom is 0.305 e. The molecule has 0 spiro atoms. The lowest BCUT2D eigenvalue weighted by Gasteiger charge is -2.12. The van der Waals surface area contributed by atoms with Crippen molar-refractivity contribution in [1.29, 1.82) is 0 Å². The lowest BCUT2D eigenvalue weighted by molar-refractivity contribution is -0.384. The van der Waals surface area contributed by atoms with Crippen molar-refractivity contribution in [3.8, 4) is 11.3 Å². The predicted octanol–water partition coefficient (Wildman–Crippen LogP) is 3.53. The summed E-state index contributed by atoms with van der Waals surface area (Å²) in [7, 11) is 0. The van der Waals surface area contributed by atoms with Crippen molar-refractivity contribution >= 4 is 51.9 Å². The quantitative estimate of drug-likeness (QED) is 0.337. The fourth-order valence-corrected chi connectivity index (χ4v) is 3.65. The highest BCUT2D eigenvalue weighted by atomic mass is 32.2. The predicted molar refractivity (Wildman–Crippen MR) is 103 cm³/mol. The van der Waals surface area contributed by atoms with Gasteiger partial charge < -0.3 is 9.52 Å². The van der Waals surface area contributed by atoms with Gasteiger partial charge >= 0.3 is 5.97 Å². The molecule has 138 valence electrons. The first-order valence-corrected chi connectivity index (χ1v) is 8.89. The molecule has 0 saturated carbocycles. The van der Waals surface area contributed by atoms with Crippen molar-refractivity contribution in [3.05, 3.63) is 57.2 Å². The van der Waals surface area contributed by atoms with Crippen LogP contribution < -0.4 is 0 Å². The molecule has 1 aliphatic heterocycles. The van der Waals surface area contributed by atoms with Gasteiger partial charge in [0.1, 0.15) is 15.8 Å². The number of nitro benzene ring substituents is 1. The highest BCUT2D eigenvalue weighted by molar-refractivity contribution is 8.26. The van der Waals surface area contributed by atoms with Crippen LogP contribution in [0, 0.1) is 10.1 Å². The van der Waals surface area contributed by atoms with E-state index in [1.165, 1.54) is 23.1 Å². The maximum absolute atomic E-state index is 12.4. The van der Waals surface area contributed by atoms with E-state index in [1.807, 2.05) is 0 Å². The zero-order chi connectivity index (χ0) is 19.6. The number of carboxylic acid groups (broad SMARTS) is 1. The number of thiocarbonyl (C=S) groups is 1. The van der Waals surface area contributed by atoms with Crippen LogP contribution in [-0.4, -0.2) is 37.7 Å². The third kappa shape index (κ3) is 4.23. The number of hydrogen-bond acceptors (Lipinski definition) is 7. The molecule has 1 amide bonds. The largest absolute Gasteiger partial charge is 0.481 e. The van der Waals surface area contributed by atoms with Crippen molar-refractivity contribution < 1.29 is 24.0 Å². The second-order valence-corrected chi connectivity index (χ2v) is 7.16. The monoisotopic (exact) mass is 404 g/mol. The van der Waals surface area contributed by atoms with Crippen molar-refractivity contribution in [1.82, 2.24) is 4.90 Å². The Labute approximate surface area is 162 Å². The minimum absolute atomic E-state index is 0.0174. The number of aliphatic carboxylic acids is 1. The van der Waals surface area contributed by atoms with Crippen molar-refractivity contribution in [2.75, 3.05) is 6.54 Å². The van der Waals surface area contributed by atoms with Gasteiger partial charge in [-0.3, -0.25) is 24.6 Å². The lowest BCUT2D eigenvalue weighted by atomic mass is 10.1. The molecule has 0 atom stereocenters. The van der Waals surface area contributed by atoms with Gasteiger partial charge in [-0.05, 0) is 24.3 Å². The number of thioether (sulfide) groups is 1. The van der Waals surface area contributed by atoms with Crippen LogP contribution in [0.3, 0.4) is 0 Å². The summed E-state index contributed by atoms with van der Waals surface area (Å²) in [4.78, 5) is 34.9. The smallest absolute Gasteiger partial charge is 0.305 e. The van der Waals surface area contributed by atoms with Crippen LogP contribution in [0.1, 0.15) is 12.2 Å². The van der Waals surface area contributed by atoms with Gasteiger partial charge in [0.2, 0.25) is 0 Å². The molecule has 1 saturated heterocycles. The summed E-state index contributed by atoms with van der Waals surface area (Å²) in [5.41, 5.74) is 0.643. The van der Waals surface area contributed by atoms with Gasteiger partial charge in [0, 0.05) is 30.3 Å². The Balaban J connectivity index is 1.76. The van der Waals surface area contributed by atoms with Crippen molar-refractivity contribution in [2.24, 2.45) is 0 Å². The molecular weight excluding hydrogens is 392 g/mol.